The molecule has 0 radical (unpaired) electrons. The molecule has 2 atom stereocenters. The number of carbonyl (C=O) groups excluding carboxylic acids is 1. The molecule has 0 bridgehead atoms. The lowest BCUT2D eigenvalue weighted by molar-refractivity contribution is -0.137. The highest BCUT2D eigenvalue weighted by Gasteiger charge is 2.45. The van der Waals surface area contributed by atoms with Crippen molar-refractivity contribution in [2.45, 2.75) is 37.7 Å². The van der Waals surface area contributed by atoms with Crippen LogP contribution in [0.2, 0.25) is 0 Å². The van der Waals surface area contributed by atoms with Crippen LogP contribution >= 0.6 is 0 Å². The van der Waals surface area contributed by atoms with Gasteiger partial charge in [-0.05, 0) is 19.3 Å². The van der Waals surface area contributed by atoms with Crippen LogP contribution in [0.25, 0.3) is 0 Å². The van der Waals surface area contributed by atoms with E-state index in [2.05, 4.69) is 4.74 Å². The number of esters is 1. The standard InChI is InChI=1S/C12H21NO5S/c1-18-11(14)9-19(16,17)13-7-6-12(15)5-3-2-4-10(12)8-13/h10,15H,2-9H2,1H3. The van der Waals surface area contributed by atoms with Gasteiger partial charge in [0.05, 0.1) is 12.7 Å². The third-order valence-corrected chi connectivity index (χ3v) is 6.03. The molecule has 2 rings (SSSR count). The summed E-state index contributed by atoms with van der Waals surface area (Å²) in [5.41, 5.74) is -0.713. The van der Waals surface area contributed by atoms with Gasteiger partial charge in [-0.15, -0.1) is 0 Å². The van der Waals surface area contributed by atoms with Crippen LogP contribution < -0.4 is 0 Å². The summed E-state index contributed by atoms with van der Waals surface area (Å²) in [6.07, 6.45) is 4.08. The van der Waals surface area contributed by atoms with Crippen LogP contribution in [0, 0.1) is 5.92 Å². The fourth-order valence-corrected chi connectivity index (χ4v) is 4.47. The Bertz CT molecular complexity index is 449. The van der Waals surface area contributed by atoms with Gasteiger partial charge in [-0.2, -0.15) is 0 Å². The van der Waals surface area contributed by atoms with Crippen molar-refractivity contribution in [1.29, 1.82) is 0 Å². The van der Waals surface area contributed by atoms with Gasteiger partial charge < -0.3 is 9.84 Å². The van der Waals surface area contributed by atoms with E-state index in [1.165, 1.54) is 11.4 Å². The molecule has 1 heterocycles. The summed E-state index contributed by atoms with van der Waals surface area (Å²) in [5.74, 6) is -1.37. The van der Waals surface area contributed by atoms with E-state index in [4.69, 9.17) is 0 Å². The number of hydrogen-bond acceptors (Lipinski definition) is 5. The van der Waals surface area contributed by atoms with Crippen LogP contribution in [-0.2, 0) is 19.6 Å². The maximum Gasteiger partial charge on any atom is 0.322 e. The summed E-state index contributed by atoms with van der Waals surface area (Å²) in [6.45, 7) is 0.599. The Hall–Kier alpha value is -0.660. The summed E-state index contributed by atoms with van der Waals surface area (Å²) in [4.78, 5) is 11.1. The van der Waals surface area contributed by atoms with Gasteiger partial charge >= 0.3 is 5.97 Å². The third kappa shape index (κ3) is 3.09. The van der Waals surface area contributed by atoms with Crippen molar-refractivity contribution in [3.05, 3.63) is 0 Å². The Morgan fingerprint density at radius 2 is 2.16 bits per heavy atom. The normalized spacial score (nSPS) is 32.6. The summed E-state index contributed by atoms with van der Waals surface area (Å²) in [6, 6.07) is 0. The molecule has 19 heavy (non-hydrogen) atoms. The monoisotopic (exact) mass is 291 g/mol. The molecule has 0 spiro atoms. The molecule has 2 aliphatic rings. The van der Waals surface area contributed by atoms with Gasteiger partial charge in [-0.3, -0.25) is 4.79 Å². The second-order valence-corrected chi connectivity index (χ2v) is 7.46. The number of nitrogens with zero attached hydrogens (tertiary/aromatic N) is 1. The van der Waals surface area contributed by atoms with Crippen LogP contribution in [0.4, 0.5) is 0 Å². The Balaban J connectivity index is 2.06. The number of piperidine rings is 1. The van der Waals surface area contributed by atoms with Crippen LogP contribution in [0.15, 0.2) is 0 Å². The number of hydrogen-bond donors (Lipinski definition) is 1. The highest BCUT2D eigenvalue weighted by atomic mass is 32.2. The lowest BCUT2D eigenvalue weighted by Gasteiger charge is -2.46. The second kappa shape index (κ2) is 5.38. The molecule has 1 aliphatic carbocycles. The van der Waals surface area contributed by atoms with Crippen molar-refractivity contribution < 1.29 is 23.1 Å². The van der Waals surface area contributed by atoms with Crippen molar-refractivity contribution in [3.8, 4) is 0 Å². The molecule has 7 heteroatoms. The zero-order chi connectivity index (χ0) is 14.1. The molecular weight excluding hydrogens is 270 g/mol. The molecule has 1 N–H and O–H groups in total. The van der Waals surface area contributed by atoms with Gasteiger partial charge in [0.25, 0.3) is 0 Å². The molecular formula is C12H21NO5S. The summed E-state index contributed by atoms with van der Waals surface area (Å²) in [7, 11) is -2.45. The van der Waals surface area contributed by atoms with Gasteiger partial charge in [-0.25, -0.2) is 12.7 Å². The number of ether oxygens (including phenoxy) is 1. The fraction of sp³-hybridized carbons (Fsp3) is 0.917. The van der Waals surface area contributed by atoms with Crippen molar-refractivity contribution in [3.63, 3.8) is 0 Å². The Labute approximate surface area is 113 Å². The van der Waals surface area contributed by atoms with Crippen LogP contribution in [-0.4, -0.2) is 55.4 Å². The van der Waals surface area contributed by atoms with Gasteiger partial charge in [-0.1, -0.05) is 12.8 Å². The molecule has 110 valence electrons. The molecule has 1 aliphatic heterocycles. The number of carbonyl (C=O) groups is 1. The predicted octanol–water partition coefficient (Wildman–Crippen LogP) is 0.116. The van der Waals surface area contributed by atoms with E-state index < -0.39 is 27.3 Å². The number of rotatable bonds is 3. The molecule has 0 aromatic rings. The lowest BCUT2D eigenvalue weighted by atomic mass is 9.72. The smallest absolute Gasteiger partial charge is 0.322 e. The first-order chi connectivity index (χ1) is 8.87. The first kappa shape index (κ1) is 14.7. The molecule has 0 aromatic carbocycles. The molecule has 2 unspecified atom stereocenters. The second-order valence-electron chi connectivity index (χ2n) is 5.49. The first-order valence-electron chi connectivity index (χ1n) is 6.64. The molecule has 0 aromatic heterocycles. The van der Waals surface area contributed by atoms with Crippen molar-refractivity contribution in [2.75, 3.05) is 26.0 Å². The molecule has 6 nitrogen and oxygen atoms in total. The average molecular weight is 291 g/mol. The maximum atomic E-state index is 12.1. The van der Waals surface area contributed by atoms with E-state index in [1.54, 1.807) is 0 Å². The van der Waals surface area contributed by atoms with Gasteiger partial charge in [0.1, 0.15) is 0 Å². The van der Waals surface area contributed by atoms with Gasteiger partial charge in [0, 0.05) is 19.0 Å². The van der Waals surface area contributed by atoms with E-state index in [0.717, 1.165) is 25.7 Å². The lowest BCUT2D eigenvalue weighted by Crippen LogP contribution is -2.55. The highest BCUT2D eigenvalue weighted by Crippen LogP contribution is 2.40. The number of methoxy groups -OCH3 is 1. The average Bonchev–Trinajstić information content (AvgIpc) is 2.36. The van der Waals surface area contributed by atoms with E-state index >= 15 is 0 Å². The van der Waals surface area contributed by atoms with Crippen LogP contribution in [0.3, 0.4) is 0 Å². The van der Waals surface area contributed by atoms with Crippen molar-refractivity contribution in [2.24, 2.45) is 5.92 Å². The summed E-state index contributed by atoms with van der Waals surface area (Å²) < 4.78 is 29.9. The van der Waals surface area contributed by atoms with E-state index in [9.17, 15) is 18.3 Å². The minimum absolute atomic E-state index is 0.0116. The van der Waals surface area contributed by atoms with Gasteiger partial charge in [0.2, 0.25) is 10.0 Å². The predicted molar refractivity (Wildman–Crippen MR) is 68.9 cm³/mol. The summed E-state index contributed by atoms with van der Waals surface area (Å²) >= 11 is 0. The number of sulfonamides is 1. The SMILES string of the molecule is COC(=O)CS(=O)(=O)N1CCC2(O)CCCCC2C1. The minimum atomic E-state index is -3.62. The van der Waals surface area contributed by atoms with E-state index in [0.29, 0.717) is 13.0 Å². The minimum Gasteiger partial charge on any atom is -0.468 e. The molecule has 1 saturated heterocycles. The Morgan fingerprint density at radius 3 is 2.84 bits per heavy atom. The number of aliphatic hydroxyl groups is 1. The fourth-order valence-electron chi connectivity index (χ4n) is 3.09. The van der Waals surface area contributed by atoms with E-state index in [-0.39, 0.29) is 12.5 Å². The zero-order valence-corrected chi connectivity index (χ0v) is 12.0. The maximum absolute atomic E-state index is 12.1. The Kier molecular flexibility index (Phi) is 4.17. The first-order valence-corrected chi connectivity index (χ1v) is 8.25. The third-order valence-electron chi connectivity index (χ3n) is 4.31. The van der Waals surface area contributed by atoms with Gasteiger partial charge in [0.15, 0.2) is 5.75 Å². The zero-order valence-electron chi connectivity index (χ0n) is 11.2. The molecule has 0 amide bonds. The summed E-state index contributed by atoms with van der Waals surface area (Å²) in [5, 5.41) is 10.5. The largest absolute Gasteiger partial charge is 0.468 e. The van der Waals surface area contributed by atoms with E-state index in [1.807, 2.05) is 0 Å². The van der Waals surface area contributed by atoms with Crippen molar-refractivity contribution >= 4 is 16.0 Å². The highest BCUT2D eigenvalue weighted by molar-refractivity contribution is 7.89. The molecule has 2 fully saturated rings. The van der Waals surface area contributed by atoms with Crippen molar-refractivity contribution in [1.82, 2.24) is 4.31 Å². The van der Waals surface area contributed by atoms with Crippen LogP contribution in [0.1, 0.15) is 32.1 Å². The molecule has 1 saturated carbocycles. The van der Waals surface area contributed by atoms with Crippen LogP contribution in [0.5, 0.6) is 0 Å². The quantitative estimate of drug-likeness (QED) is 0.746. The Morgan fingerprint density at radius 1 is 1.42 bits per heavy atom. The topological polar surface area (TPSA) is 83.9 Å². The number of fused-ring (bicyclic) bond motifs is 1.